The maximum absolute atomic E-state index is 12.4. The molecule has 1 fully saturated rings. The third kappa shape index (κ3) is 4.60. The predicted molar refractivity (Wildman–Crippen MR) is 96.7 cm³/mol. The van der Waals surface area contributed by atoms with Crippen molar-refractivity contribution in [2.75, 3.05) is 19.7 Å². The lowest BCUT2D eigenvalue weighted by atomic mass is 10.0. The second-order valence-corrected chi connectivity index (χ2v) is 6.47. The molecule has 25 heavy (non-hydrogen) atoms. The molecule has 0 radical (unpaired) electrons. The Morgan fingerprint density at radius 1 is 1.28 bits per heavy atom. The summed E-state index contributed by atoms with van der Waals surface area (Å²) >= 11 is 0. The number of hydrogen-bond donors (Lipinski definition) is 2. The largest absolute Gasteiger partial charge is 0.396 e. The van der Waals surface area contributed by atoms with Crippen molar-refractivity contribution in [3.63, 3.8) is 0 Å². The van der Waals surface area contributed by atoms with Crippen LogP contribution >= 0.6 is 0 Å². The summed E-state index contributed by atoms with van der Waals surface area (Å²) in [5, 5.41) is 16.6. The van der Waals surface area contributed by atoms with Gasteiger partial charge in [0.2, 0.25) is 0 Å². The number of aliphatic hydroxyl groups is 1. The molecular formula is C19H26N4O2. The SMILES string of the molecule is O=C(NCCc1cnn(-c2ccccc2)c1)N1CCCCC1CCO. The standard InChI is InChI=1S/C19H26N4O2/c24-13-10-17-6-4-5-12-22(17)19(25)20-11-9-16-14-21-23(15-16)18-7-2-1-3-8-18/h1-3,7-8,14-15,17,24H,4-6,9-13H2,(H,20,25). The smallest absolute Gasteiger partial charge is 0.317 e. The van der Waals surface area contributed by atoms with Crippen molar-refractivity contribution in [3.05, 3.63) is 48.3 Å². The van der Waals surface area contributed by atoms with E-state index in [4.69, 9.17) is 0 Å². The molecule has 2 N–H and O–H groups in total. The Hall–Kier alpha value is -2.34. The van der Waals surface area contributed by atoms with Crippen molar-refractivity contribution in [2.24, 2.45) is 0 Å². The van der Waals surface area contributed by atoms with Gasteiger partial charge in [-0.05, 0) is 49.8 Å². The van der Waals surface area contributed by atoms with Crippen molar-refractivity contribution < 1.29 is 9.90 Å². The Labute approximate surface area is 148 Å². The molecule has 1 unspecified atom stereocenters. The number of aromatic nitrogens is 2. The number of aliphatic hydroxyl groups excluding tert-OH is 1. The number of rotatable bonds is 6. The van der Waals surface area contributed by atoms with Gasteiger partial charge in [-0.2, -0.15) is 5.10 Å². The van der Waals surface area contributed by atoms with E-state index in [9.17, 15) is 9.90 Å². The van der Waals surface area contributed by atoms with Crippen LogP contribution in [0, 0.1) is 0 Å². The van der Waals surface area contributed by atoms with Crippen LogP contribution in [0.25, 0.3) is 5.69 Å². The third-order valence-electron chi connectivity index (χ3n) is 4.70. The fourth-order valence-electron chi connectivity index (χ4n) is 3.34. The molecule has 1 aliphatic rings. The van der Waals surface area contributed by atoms with Gasteiger partial charge in [-0.1, -0.05) is 18.2 Å². The van der Waals surface area contributed by atoms with Crippen molar-refractivity contribution in [2.45, 2.75) is 38.1 Å². The third-order valence-corrected chi connectivity index (χ3v) is 4.70. The van der Waals surface area contributed by atoms with Crippen LogP contribution in [0.15, 0.2) is 42.7 Å². The maximum Gasteiger partial charge on any atom is 0.317 e. The second kappa shape index (κ2) is 8.67. The summed E-state index contributed by atoms with van der Waals surface area (Å²) in [6.07, 6.45) is 8.41. The first-order chi connectivity index (χ1) is 12.3. The van der Waals surface area contributed by atoms with Crippen molar-refractivity contribution >= 4 is 6.03 Å². The van der Waals surface area contributed by atoms with Crippen LogP contribution in [0.1, 0.15) is 31.2 Å². The van der Waals surface area contributed by atoms with Crippen LogP contribution in [0.3, 0.4) is 0 Å². The van der Waals surface area contributed by atoms with Gasteiger partial charge in [0.05, 0.1) is 11.9 Å². The van der Waals surface area contributed by atoms with E-state index >= 15 is 0 Å². The van der Waals surface area contributed by atoms with E-state index in [-0.39, 0.29) is 18.7 Å². The number of para-hydroxylation sites is 1. The molecule has 1 aromatic heterocycles. The van der Waals surface area contributed by atoms with Gasteiger partial charge < -0.3 is 15.3 Å². The van der Waals surface area contributed by atoms with Gasteiger partial charge in [-0.25, -0.2) is 9.48 Å². The van der Waals surface area contributed by atoms with E-state index in [1.807, 2.05) is 52.3 Å². The molecule has 0 aliphatic carbocycles. The van der Waals surface area contributed by atoms with Gasteiger partial charge in [-0.15, -0.1) is 0 Å². The van der Waals surface area contributed by atoms with E-state index in [1.54, 1.807) is 0 Å². The molecule has 2 heterocycles. The van der Waals surface area contributed by atoms with E-state index in [0.717, 1.165) is 43.5 Å². The van der Waals surface area contributed by atoms with Crippen LogP contribution in [0.2, 0.25) is 0 Å². The molecule has 1 saturated heterocycles. The van der Waals surface area contributed by atoms with Gasteiger partial charge in [0.25, 0.3) is 0 Å². The molecule has 0 saturated carbocycles. The van der Waals surface area contributed by atoms with Crippen LogP contribution < -0.4 is 5.32 Å². The number of carbonyl (C=O) groups is 1. The van der Waals surface area contributed by atoms with Crippen molar-refractivity contribution in [3.8, 4) is 5.69 Å². The predicted octanol–water partition coefficient (Wildman–Crippen LogP) is 2.36. The molecule has 1 aromatic carbocycles. The Balaban J connectivity index is 1.49. The molecule has 6 heteroatoms. The summed E-state index contributed by atoms with van der Waals surface area (Å²) in [7, 11) is 0. The summed E-state index contributed by atoms with van der Waals surface area (Å²) in [4.78, 5) is 14.3. The lowest BCUT2D eigenvalue weighted by Gasteiger charge is -2.35. The molecule has 3 rings (SSSR count). The summed E-state index contributed by atoms with van der Waals surface area (Å²) in [6.45, 7) is 1.50. The number of nitrogens with one attached hydrogen (secondary N) is 1. The molecular weight excluding hydrogens is 316 g/mol. The van der Waals surface area contributed by atoms with E-state index in [2.05, 4.69) is 10.4 Å². The molecule has 134 valence electrons. The lowest BCUT2D eigenvalue weighted by molar-refractivity contribution is 0.132. The minimum atomic E-state index is -0.0198. The minimum absolute atomic E-state index is 0.0198. The highest BCUT2D eigenvalue weighted by molar-refractivity contribution is 5.74. The number of benzene rings is 1. The number of likely N-dealkylation sites (tertiary alicyclic amines) is 1. The zero-order valence-electron chi connectivity index (χ0n) is 14.5. The maximum atomic E-state index is 12.4. The zero-order chi connectivity index (χ0) is 17.5. The number of amides is 2. The first-order valence-corrected chi connectivity index (χ1v) is 9.02. The summed E-state index contributed by atoms with van der Waals surface area (Å²) in [6, 6.07) is 10.1. The zero-order valence-corrected chi connectivity index (χ0v) is 14.5. The molecule has 1 atom stereocenters. The van der Waals surface area contributed by atoms with E-state index in [0.29, 0.717) is 13.0 Å². The van der Waals surface area contributed by atoms with Crippen LogP contribution in [0.4, 0.5) is 4.79 Å². The Kier molecular flexibility index (Phi) is 6.06. The average molecular weight is 342 g/mol. The van der Waals surface area contributed by atoms with E-state index in [1.165, 1.54) is 0 Å². The van der Waals surface area contributed by atoms with Crippen LogP contribution in [-0.4, -0.2) is 51.6 Å². The topological polar surface area (TPSA) is 70.4 Å². The van der Waals surface area contributed by atoms with Gasteiger partial charge in [0.1, 0.15) is 0 Å². The Morgan fingerprint density at radius 3 is 2.92 bits per heavy atom. The number of urea groups is 1. The van der Waals surface area contributed by atoms with Gasteiger partial charge in [0, 0.05) is 31.9 Å². The van der Waals surface area contributed by atoms with Crippen molar-refractivity contribution in [1.82, 2.24) is 20.0 Å². The Bertz CT molecular complexity index is 669. The number of carbonyl (C=O) groups excluding carboxylic acids is 1. The number of piperidine rings is 1. The minimum Gasteiger partial charge on any atom is -0.396 e. The molecule has 0 spiro atoms. The number of nitrogens with zero attached hydrogens (tertiary/aromatic N) is 3. The van der Waals surface area contributed by atoms with Crippen molar-refractivity contribution in [1.29, 1.82) is 0 Å². The highest BCUT2D eigenvalue weighted by Crippen LogP contribution is 2.19. The second-order valence-electron chi connectivity index (χ2n) is 6.47. The highest BCUT2D eigenvalue weighted by atomic mass is 16.3. The normalized spacial score (nSPS) is 17.5. The molecule has 1 aliphatic heterocycles. The van der Waals surface area contributed by atoms with E-state index < -0.39 is 0 Å². The van der Waals surface area contributed by atoms with Gasteiger partial charge in [-0.3, -0.25) is 0 Å². The van der Waals surface area contributed by atoms with Crippen LogP contribution in [-0.2, 0) is 6.42 Å². The van der Waals surface area contributed by atoms with Gasteiger partial charge >= 0.3 is 6.03 Å². The summed E-state index contributed by atoms with van der Waals surface area (Å²) < 4.78 is 1.85. The van der Waals surface area contributed by atoms with Crippen LogP contribution in [0.5, 0.6) is 0 Å². The summed E-state index contributed by atoms with van der Waals surface area (Å²) in [5.74, 6) is 0. The monoisotopic (exact) mass is 342 g/mol. The lowest BCUT2D eigenvalue weighted by Crippen LogP contribution is -2.49. The fraction of sp³-hybridized carbons (Fsp3) is 0.474. The summed E-state index contributed by atoms with van der Waals surface area (Å²) in [5.41, 5.74) is 2.12. The molecule has 0 bridgehead atoms. The highest BCUT2D eigenvalue weighted by Gasteiger charge is 2.25. The molecule has 6 nitrogen and oxygen atoms in total. The molecule has 2 amide bonds. The first-order valence-electron chi connectivity index (χ1n) is 9.02. The number of hydrogen-bond acceptors (Lipinski definition) is 3. The van der Waals surface area contributed by atoms with Gasteiger partial charge in [0.15, 0.2) is 0 Å². The quantitative estimate of drug-likeness (QED) is 0.847. The first kappa shape index (κ1) is 17.5. The Morgan fingerprint density at radius 2 is 2.12 bits per heavy atom. The molecule has 2 aromatic rings. The average Bonchev–Trinajstić information content (AvgIpc) is 3.12. The fourth-order valence-corrected chi connectivity index (χ4v) is 3.34.